The van der Waals surface area contributed by atoms with E-state index in [1.54, 1.807) is 0 Å². The number of guanidine groups is 1. The highest BCUT2D eigenvalue weighted by atomic mass is 16.5. The van der Waals surface area contributed by atoms with Crippen LogP contribution in [0.25, 0.3) is 0 Å². The van der Waals surface area contributed by atoms with E-state index in [9.17, 15) is 0 Å². The zero-order chi connectivity index (χ0) is 15.4. The molecule has 0 spiro atoms. The normalized spacial score (nSPS) is 27.2. The van der Waals surface area contributed by atoms with Crippen molar-refractivity contribution in [1.82, 2.24) is 10.6 Å². The van der Waals surface area contributed by atoms with E-state index in [1.165, 1.54) is 24.0 Å². The summed E-state index contributed by atoms with van der Waals surface area (Å²) in [5, 5.41) is 6.93. The Morgan fingerprint density at radius 3 is 2.68 bits per heavy atom. The molecule has 0 aromatic heterocycles. The molecule has 3 atom stereocenters. The molecular formula is C18H27N3O. The minimum absolute atomic E-state index is 0.372. The minimum atomic E-state index is 0.372. The first-order chi connectivity index (χ1) is 10.8. The summed E-state index contributed by atoms with van der Waals surface area (Å²) in [5.41, 5.74) is 2.69. The SMILES string of the molecule is CCNC(=NCc1ccccc1CC)NC1CC2CCC1O2. The molecule has 0 aliphatic carbocycles. The maximum absolute atomic E-state index is 5.92. The van der Waals surface area contributed by atoms with Gasteiger partial charge in [0.2, 0.25) is 0 Å². The van der Waals surface area contributed by atoms with Crippen molar-refractivity contribution in [3.05, 3.63) is 35.4 Å². The molecule has 2 aliphatic rings. The van der Waals surface area contributed by atoms with E-state index < -0.39 is 0 Å². The third-order valence-electron chi connectivity index (χ3n) is 4.68. The molecule has 2 heterocycles. The van der Waals surface area contributed by atoms with E-state index in [0.717, 1.165) is 31.9 Å². The Morgan fingerprint density at radius 1 is 1.23 bits per heavy atom. The number of ether oxygens (including phenoxy) is 1. The number of aryl methyl sites for hydroxylation is 1. The van der Waals surface area contributed by atoms with Gasteiger partial charge in [0.15, 0.2) is 5.96 Å². The summed E-state index contributed by atoms with van der Waals surface area (Å²) in [6.07, 6.45) is 5.40. The molecule has 2 N–H and O–H groups in total. The van der Waals surface area contributed by atoms with E-state index in [2.05, 4.69) is 48.7 Å². The Bertz CT molecular complexity index is 529. The second-order valence-corrected chi connectivity index (χ2v) is 6.18. The molecule has 3 unspecified atom stereocenters. The largest absolute Gasteiger partial charge is 0.373 e. The van der Waals surface area contributed by atoms with Crippen LogP contribution >= 0.6 is 0 Å². The Kier molecular flexibility index (Phi) is 4.98. The van der Waals surface area contributed by atoms with Crippen molar-refractivity contribution in [3.63, 3.8) is 0 Å². The van der Waals surface area contributed by atoms with Gasteiger partial charge in [-0.15, -0.1) is 0 Å². The van der Waals surface area contributed by atoms with Crippen molar-refractivity contribution in [2.45, 2.75) is 64.3 Å². The van der Waals surface area contributed by atoms with Gasteiger partial charge in [0.1, 0.15) is 0 Å². The molecule has 4 nitrogen and oxygen atoms in total. The second kappa shape index (κ2) is 7.14. The number of fused-ring (bicyclic) bond motifs is 2. The van der Waals surface area contributed by atoms with Crippen LogP contribution in [0.2, 0.25) is 0 Å². The van der Waals surface area contributed by atoms with Crippen LogP contribution < -0.4 is 10.6 Å². The second-order valence-electron chi connectivity index (χ2n) is 6.18. The fourth-order valence-electron chi connectivity index (χ4n) is 3.51. The van der Waals surface area contributed by atoms with Crippen molar-refractivity contribution in [1.29, 1.82) is 0 Å². The van der Waals surface area contributed by atoms with Crippen molar-refractivity contribution >= 4 is 5.96 Å². The fourth-order valence-corrected chi connectivity index (χ4v) is 3.51. The molecule has 2 saturated heterocycles. The highest BCUT2D eigenvalue weighted by molar-refractivity contribution is 5.80. The van der Waals surface area contributed by atoms with E-state index in [1.807, 2.05) is 0 Å². The molecular weight excluding hydrogens is 274 g/mol. The molecule has 1 aromatic rings. The van der Waals surface area contributed by atoms with Gasteiger partial charge in [-0.2, -0.15) is 0 Å². The van der Waals surface area contributed by atoms with Gasteiger partial charge in [-0.05, 0) is 43.7 Å². The maximum Gasteiger partial charge on any atom is 0.191 e. The lowest BCUT2D eigenvalue weighted by molar-refractivity contribution is 0.0992. The summed E-state index contributed by atoms with van der Waals surface area (Å²) >= 11 is 0. The van der Waals surface area contributed by atoms with E-state index in [4.69, 9.17) is 9.73 Å². The van der Waals surface area contributed by atoms with E-state index >= 15 is 0 Å². The van der Waals surface area contributed by atoms with Crippen molar-refractivity contribution in [3.8, 4) is 0 Å². The topological polar surface area (TPSA) is 45.7 Å². The van der Waals surface area contributed by atoms with Gasteiger partial charge in [-0.25, -0.2) is 4.99 Å². The number of hydrogen-bond donors (Lipinski definition) is 2. The molecule has 0 amide bonds. The fraction of sp³-hybridized carbons (Fsp3) is 0.611. The van der Waals surface area contributed by atoms with Crippen LogP contribution in [0.3, 0.4) is 0 Å². The third-order valence-corrected chi connectivity index (χ3v) is 4.68. The maximum atomic E-state index is 5.92. The Hall–Kier alpha value is -1.55. The molecule has 2 fully saturated rings. The first-order valence-electron chi connectivity index (χ1n) is 8.57. The average molecular weight is 301 g/mol. The van der Waals surface area contributed by atoms with E-state index in [-0.39, 0.29) is 0 Å². The molecule has 120 valence electrons. The first kappa shape index (κ1) is 15.3. The zero-order valence-corrected chi connectivity index (χ0v) is 13.6. The van der Waals surface area contributed by atoms with Crippen LogP contribution in [0.5, 0.6) is 0 Å². The van der Waals surface area contributed by atoms with Gasteiger partial charge < -0.3 is 15.4 Å². The highest BCUT2D eigenvalue weighted by Gasteiger charge is 2.41. The van der Waals surface area contributed by atoms with Gasteiger partial charge >= 0.3 is 0 Å². The summed E-state index contributed by atoms with van der Waals surface area (Å²) in [5.74, 6) is 0.912. The zero-order valence-electron chi connectivity index (χ0n) is 13.6. The number of benzene rings is 1. The third kappa shape index (κ3) is 3.43. The minimum Gasteiger partial charge on any atom is -0.373 e. The van der Waals surface area contributed by atoms with Gasteiger partial charge in [0.05, 0.1) is 24.8 Å². The Labute approximate surface area is 133 Å². The van der Waals surface area contributed by atoms with Gasteiger partial charge in [0, 0.05) is 6.54 Å². The number of nitrogens with one attached hydrogen (secondary N) is 2. The van der Waals surface area contributed by atoms with E-state index in [0.29, 0.717) is 18.2 Å². The van der Waals surface area contributed by atoms with Crippen molar-refractivity contribution in [2.24, 2.45) is 4.99 Å². The standard InChI is InChI=1S/C18H27N3O/c1-3-13-7-5-6-8-14(13)12-20-18(19-4-2)21-16-11-15-9-10-17(16)22-15/h5-8,15-17H,3-4,9-12H2,1-2H3,(H2,19,20,21). The molecule has 4 heteroatoms. The first-order valence-corrected chi connectivity index (χ1v) is 8.57. The van der Waals surface area contributed by atoms with Crippen LogP contribution in [0.4, 0.5) is 0 Å². The average Bonchev–Trinajstić information content (AvgIpc) is 3.16. The van der Waals surface area contributed by atoms with Crippen LogP contribution in [0, 0.1) is 0 Å². The lowest BCUT2D eigenvalue weighted by atomic mass is 9.96. The summed E-state index contributed by atoms with van der Waals surface area (Å²) in [6, 6.07) is 8.97. The molecule has 22 heavy (non-hydrogen) atoms. The molecule has 2 aliphatic heterocycles. The Balaban J connectivity index is 1.65. The van der Waals surface area contributed by atoms with Gasteiger partial charge in [0.25, 0.3) is 0 Å². The predicted molar refractivity (Wildman–Crippen MR) is 90.1 cm³/mol. The predicted octanol–water partition coefficient (Wildman–Crippen LogP) is 2.62. The van der Waals surface area contributed by atoms with Crippen LogP contribution in [-0.2, 0) is 17.7 Å². The van der Waals surface area contributed by atoms with Crippen molar-refractivity contribution < 1.29 is 4.74 Å². The summed E-state index contributed by atoms with van der Waals surface area (Å²) in [6.45, 7) is 5.90. The molecule has 0 saturated carbocycles. The number of aliphatic imine (C=N–C) groups is 1. The van der Waals surface area contributed by atoms with Gasteiger partial charge in [-0.3, -0.25) is 0 Å². The summed E-state index contributed by atoms with van der Waals surface area (Å²) in [7, 11) is 0. The van der Waals surface area contributed by atoms with Crippen molar-refractivity contribution in [2.75, 3.05) is 6.54 Å². The number of rotatable bonds is 5. The summed E-state index contributed by atoms with van der Waals surface area (Å²) in [4.78, 5) is 4.78. The lowest BCUT2D eigenvalue weighted by Gasteiger charge is -2.22. The molecule has 3 rings (SSSR count). The number of nitrogens with zero attached hydrogens (tertiary/aromatic N) is 1. The van der Waals surface area contributed by atoms with Crippen LogP contribution in [-0.4, -0.2) is 30.8 Å². The smallest absolute Gasteiger partial charge is 0.191 e. The lowest BCUT2D eigenvalue weighted by Crippen LogP contribution is -2.47. The number of hydrogen-bond acceptors (Lipinski definition) is 2. The monoisotopic (exact) mass is 301 g/mol. The quantitative estimate of drug-likeness (QED) is 0.649. The van der Waals surface area contributed by atoms with Crippen LogP contribution in [0.15, 0.2) is 29.3 Å². The molecule has 2 bridgehead atoms. The molecule has 0 radical (unpaired) electrons. The summed E-state index contributed by atoms with van der Waals surface area (Å²) < 4.78 is 5.92. The highest BCUT2D eigenvalue weighted by Crippen LogP contribution is 2.34. The van der Waals surface area contributed by atoms with Crippen LogP contribution in [0.1, 0.15) is 44.2 Å². The van der Waals surface area contributed by atoms with Gasteiger partial charge in [-0.1, -0.05) is 31.2 Å². The molecule has 1 aromatic carbocycles. The Morgan fingerprint density at radius 2 is 2.05 bits per heavy atom.